The van der Waals surface area contributed by atoms with Crippen LogP contribution >= 0.6 is 11.3 Å². The predicted octanol–water partition coefficient (Wildman–Crippen LogP) is 3.72. The van der Waals surface area contributed by atoms with Crippen LogP contribution in [0.5, 0.6) is 5.88 Å². The van der Waals surface area contributed by atoms with Crippen molar-refractivity contribution in [1.82, 2.24) is 25.3 Å². The SMILES string of the molecule is CCOc1nc(N2CCNCC2)nc2c1sc1nc(-c3ccc(-c4ccc(C(=O)O)cc4N)cc3)nc(C)c12.[NaH]. The Balaban J connectivity index is 0.00000323. The van der Waals surface area contributed by atoms with E-state index >= 15 is 0 Å². The molecule has 0 bridgehead atoms. The summed E-state index contributed by atoms with van der Waals surface area (Å²) < 4.78 is 6.82. The summed E-state index contributed by atoms with van der Waals surface area (Å²) in [5.41, 5.74) is 10.9. The molecular formula is C28H28N7NaO3S. The Labute approximate surface area is 256 Å². The number of piperazine rings is 1. The average Bonchev–Trinajstić information content (AvgIpc) is 3.33. The van der Waals surface area contributed by atoms with Crippen LogP contribution in [0.3, 0.4) is 0 Å². The van der Waals surface area contributed by atoms with Gasteiger partial charge in [0.25, 0.3) is 0 Å². The van der Waals surface area contributed by atoms with Crippen LogP contribution in [-0.2, 0) is 0 Å². The molecule has 4 heterocycles. The van der Waals surface area contributed by atoms with E-state index in [-0.39, 0.29) is 35.1 Å². The number of anilines is 2. The molecule has 1 aliphatic heterocycles. The Morgan fingerprint density at radius 2 is 1.80 bits per heavy atom. The fraction of sp³-hybridized carbons (Fsp3) is 0.250. The number of hydrogen-bond donors (Lipinski definition) is 3. The van der Waals surface area contributed by atoms with E-state index in [0.29, 0.717) is 29.9 Å². The van der Waals surface area contributed by atoms with Crippen molar-refractivity contribution >= 4 is 78.9 Å². The molecule has 12 heteroatoms. The number of carbonyl (C=O) groups is 1. The van der Waals surface area contributed by atoms with Crippen molar-refractivity contribution in [2.24, 2.45) is 0 Å². The molecule has 1 aliphatic rings. The Hall–Kier alpha value is -3.35. The predicted molar refractivity (Wildman–Crippen MR) is 161 cm³/mol. The van der Waals surface area contributed by atoms with Crippen molar-refractivity contribution in [3.05, 3.63) is 53.7 Å². The number of nitrogen functional groups attached to an aromatic ring is 1. The third-order valence-corrected chi connectivity index (χ3v) is 7.81. The number of aromatic nitrogens is 4. The molecule has 3 aromatic heterocycles. The van der Waals surface area contributed by atoms with Gasteiger partial charge < -0.3 is 25.8 Å². The summed E-state index contributed by atoms with van der Waals surface area (Å²) in [4.78, 5) is 33.7. The number of carboxylic acids is 1. The summed E-state index contributed by atoms with van der Waals surface area (Å²) in [7, 11) is 0. The standard InChI is InChI=1S/C28H27N7O3S.Na.H/c1-3-38-25-23-22(32-28(34-25)35-12-10-30-11-13-35)21-15(2)31-24(33-26(21)39-23)17-6-4-16(5-7-17)19-9-8-18(27(36)37)14-20(19)29;;/h4-9,14,30H,3,10-13,29H2,1-2H3,(H,36,37);;. The molecule has 0 aliphatic carbocycles. The number of carboxylic acid groups (broad SMARTS) is 1. The Morgan fingerprint density at radius 3 is 2.48 bits per heavy atom. The Morgan fingerprint density at radius 1 is 1.07 bits per heavy atom. The zero-order valence-electron chi connectivity index (χ0n) is 21.6. The minimum atomic E-state index is -1.01. The number of aromatic carboxylic acids is 1. The van der Waals surface area contributed by atoms with Crippen LogP contribution < -0.4 is 20.7 Å². The van der Waals surface area contributed by atoms with Gasteiger partial charge in [0.1, 0.15) is 15.0 Å². The maximum absolute atomic E-state index is 11.2. The van der Waals surface area contributed by atoms with Crippen LogP contribution in [0, 0.1) is 6.92 Å². The summed E-state index contributed by atoms with van der Waals surface area (Å²) in [5.74, 6) is 0.852. The van der Waals surface area contributed by atoms with E-state index < -0.39 is 5.97 Å². The first kappa shape index (κ1) is 28.2. The number of aryl methyl sites for hydroxylation is 1. The van der Waals surface area contributed by atoms with E-state index in [1.54, 1.807) is 12.1 Å². The summed E-state index contributed by atoms with van der Waals surface area (Å²) in [6.07, 6.45) is 0. The van der Waals surface area contributed by atoms with Crippen molar-refractivity contribution in [2.75, 3.05) is 43.4 Å². The molecule has 10 nitrogen and oxygen atoms in total. The van der Waals surface area contributed by atoms with Gasteiger partial charge in [0.2, 0.25) is 11.8 Å². The number of hydrogen-bond acceptors (Lipinski definition) is 10. The second kappa shape index (κ2) is 11.6. The van der Waals surface area contributed by atoms with Crippen molar-refractivity contribution in [3.63, 3.8) is 0 Å². The van der Waals surface area contributed by atoms with E-state index in [4.69, 9.17) is 30.4 Å². The van der Waals surface area contributed by atoms with Crippen LogP contribution in [-0.4, -0.2) is 93.4 Å². The number of nitrogens with one attached hydrogen (secondary N) is 1. The molecule has 200 valence electrons. The van der Waals surface area contributed by atoms with Crippen LogP contribution in [0.25, 0.3) is 42.9 Å². The summed E-state index contributed by atoms with van der Waals surface area (Å²) >= 11 is 1.52. The molecule has 5 aromatic rings. The fourth-order valence-electron chi connectivity index (χ4n) is 4.80. The molecule has 4 N–H and O–H groups in total. The minimum absolute atomic E-state index is 0. The molecule has 0 spiro atoms. The number of ether oxygens (including phenoxy) is 1. The van der Waals surface area contributed by atoms with Gasteiger partial charge in [-0.05, 0) is 31.5 Å². The van der Waals surface area contributed by atoms with Gasteiger partial charge in [0.05, 0.1) is 23.3 Å². The van der Waals surface area contributed by atoms with Crippen LogP contribution in [0.4, 0.5) is 11.6 Å². The van der Waals surface area contributed by atoms with Crippen LogP contribution in [0.2, 0.25) is 0 Å². The second-order valence-corrected chi connectivity index (χ2v) is 10.3. The van der Waals surface area contributed by atoms with Gasteiger partial charge in [-0.25, -0.2) is 19.7 Å². The maximum atomic E-state index is 11.2. The van der Waals surface area contributed by atoms with E-state index in [1.807, 2.05) is 38.1 Å². The fourth-order valence-corrected chi connectivity index (χ4v) is 5.91. The van der Waals surface area contributed by atoms with E-state index in [2.05, 4.69) is 10.2 Å². The molecule has 1 fully saturated rings. The van der Waals surface area contributed by atoms with Gasteiger partial charge in [0, 0.05) is 43.0 Å². The third-order valence-electron chi connectivity index (χ3n) is 6.75. The molecule has 0 unspecified atom stereocenters. The van der Waals surface area contributed by atoms with Crippen molar-refractivity contribution < 1.29 is 14.6 Å². The molecule has 2 aromatic carbocycles. The quantitative estimate of drug-likeness (QED) is 0.206. The molecule has 0 saturated carbocycles. The van der Waals surface area contributed by atoms with Crippen molar-refractivity contribution in [2.45, 2.75) is 13.8 Å². The van der Waals surface area contributed by atoms with Gasteiger partial charge in [-0.1, -0.05) is 30.3 Å². The molecule has 0 atom stereocenters. The molecule has 1 saturated heterocycles. The Bertz CT molecular complexity index is 1720. The van der Waals surface area contributed by atoms with Gasteiger partial charge >= 0.3 is 35.5 Å². The van der Waals surface area contributed by atoms with E-state index in [0.717, 1.165) is 69.0 Å². The van der Waals surface area contributed by atoms with Crippen LogP contribution in [0.1, 0.15) is 23.0 Å². The first-order valence-corrected chi connectivity index (χ1v) is 13.6. The Kier molecular flexibility index (Phi) is 8.20. The topological polar surface area (TPSA) is 139 Å². The molecular weight excluding hydrogens is 537 g/mol. The molecule has 0 amide bonds. The van der Waals surface area contributed by atoms with Crippen LogP contribution in [0.15, 0.2) is 42.5 Å². The van der Waals surface area contributed by atoms with E-state index in [1.165, 1.54) is 17.4 Å². The first-order chi connectivity index (χ1) is 18.9. The normalized spacial score (nSPS) is 13.4. The zero-order valence-corrected chi connectivity index (χ0v) is 22.4. The van der Waals surface area contributed by atoms with E-state index in [9.17, 15) is 9.90 Å². The van der Waals surface area contributed by atoms with Crippen molar-refractivity contribution in [3.8, 4) is 28.4 Å². The van der Waals surface area contributed by atoms with Gasteiger partial charge in [-0.3, -0.25) is 0 Å². The monoisotopic (exact) mass is 565 g/mol. The summed E-state index contributed by atoms with van der Waals surface area (Å²) in [6.45, 7) is 7.89. The van der Waals surface area contributed by atoms with Gasteiger partial charge in [-0.15, -0.1) is 11.3 Å². The van der Waals surface area contributed by atoms with Gasteiger partial charge in [0.15, 0.2) is 5.82 Å². The molecule has 0 radical (unpaired) electrons. The van der Waals surface area contributed by atoms with Gasteiger partial charge in [-0.2, -0.15) is 4.98 Å². The molecule has 40 heavy (non-hydrogen) atoms. The third kappa shape index (κ3) is 5.23. The number of thiophene rings is 1. The zero-order chi connectivity index (χ0) is 27.1. The van der Waals surface area contributed by atoms with Crippen molar-refractivity contribution in [1.29, 1.82) is 0 Å². The number of fused-ring (bicyclic) bond motifs is 3. The first-order valence-electron chi connectivity index (χ1n) is 12.7. The number of nitrogens with two attached hydrogens (primary N) is 1. The second-order valence-electron chi connectivity index (χ2n) is 9.28. The summed E-state index contributed by atoms with van der Waals surface area (Å²) in [5, 5.41) is 13.5. The average molecular weight is 566 g/mol. The number of rotatable bonds is 6. The molecule has 6 rings (SSSR count). The number of benzene rings is 2. The summed E-state index contributed by atoms with van der Waals surface area (Å²) in [6, 6.07) is 12.5. The number of nitrogens with zero attached hydrogens (tertiary/aromatic N) is 5.